The molecule has 25 heavy (non-hydrogen) atoms. The van der Waals surface area contributed by atoms with Gasteiger partial charge < -0.3 is 9.84 Å². The summed E-state index contributed by atoms with van der Waals surface area (Å²) in [5.74, 6) is 1.63. The van der Waals surface area contributed by atoms with Crippen molar-refractivity contribution in [1.82, 2.24) is 15.5 Å². The Morgan fingerprint density at radius 2 is 1.88 bits per heavy atom. The number of carbonyl (C=O) groups excluding carboxylic acids is 1. The van der Waals surface area contributed by atoms with Crippen LogP contribution in [0.25, 0.3) is 0 Å². The summed E-state index contributed by atoms with van der Waals surface area (Å²) in [6.07, 6.45) is 0. The molecule has 128 valence electrons. The van der Waals surface area contributed by atoms with Crippen molar-refractivity contribution in [1.29, 1.82) is 0 Å². The highest BCUT2D eigenvalue weighted by molar-refractivity contribution is 7.98. The molecule has 0 saturated carbocycles. The summed E-state index contributed by atoms with van der Waals surface area (Å²) >= 11 is 1.52. The quantitative estimate of drug-likeness (QED) is 0.681. The fraction of sp³-hybridized carbons (Fsp3) is 0.211. The fourth-order valence-corrected chi connectivity index (χ4v) is 3.20. The Hall–Kier alpha value is -2.60. The highest BCUT2D eigenvalue weighted by Crippen LogP contribution is 2.25. The molecule has 5 nitrogen and oxygen atoms in total. The van der Waals surface area contributed by atoms with Crippen LogP contribution in [0.5, 0.6) is 0 Å². The number of hydrogen-bond donors (Lipinski definition) is 1. The van der Waals surface area contributed by atoms with Crippen molar-refractivity contribution in [2.45, 2.75) is 31.0 Å². The van der Waals surface area contributed by atoms with Crippen LogP contribution in [0.2, 0.25) is 0 Å². The standard InChI is InChI=1S/C19H19N3O2S/c1-13-7-9-15(10-8-13)11-20-19(23)16-5-3-4-6-17(16)25-12-18-21-14(2)24-22-18/h3-10H,11-12H2,1-2H3,(H,20,23). The van der Waals surface area contributed by atoms with E-state index in [1.165, 1.54) is 17.3 Å². The van der Waals surface area contributed by atoms with Gasteiger partial charge in [-0.1, -0.05) is 47.1 Å². The number of benzene rings is 2. The van der Waals surface area contributed by atoms with Crippen LogP contribution in [-0.4, -0.2) is 16.0 Å². The number of aromatic nitrogens is 2. The molecular formula is C19H19N3O2S. The molecule has 6 heteroatoms. The second-order valence-corrected chi connectivity index (χ2v) is 6.70. The fourth-order valence-electron chi connectivity index (χ4n) is 2.31. The minimum atomic E-state index is -0.0898. The average molecular weight is 353 g/mol. The highest BCUT2D eigenvalue weighted by atomic mass is 32.2. The molecule has 0 fully saturated rings. The molecule has 2 aromatic carbocycles. The third-order valence-electron chi connectivity index (χ3n) is 3.63. The van der Waals surface area contributed by atoms with Crippen LogP contribution in [0, 0.1) is 13.8 Å². The van der Waals surface area contributed by atoms with Crippen LogP contribution in [0.15, 0.2) is 57.9 Å². The van der Waals surface area contributed by atoms with E-state index in [-0.39, 0.29) is 5.91 Å². The van der Waals surface area contributed by atoms with Crippen LogP contribution in [0.4, 0.5) is 0 Å². The molecule has 0 radical (unpaired) electrons. The molecule has 0 bridgehead atoms. The first kappa shape index (κ1) is 17.2. The van der Waals surface area contributed by atoms with Crippen molar-refractivity contribution in [2.24, 2.45) is 0 Å². The van der Waals surface area contributed by atoms with Crippen molar-refractivity contribution >= 4 is 17.7 Å². The molecule has 3 aromatic rings. The average Bonchev–Trinajstić information content (AvgIpc) is 3.05. The van der Waals surface area contributed by atoms with E-state index in [0.29, 0.717) is 29.6 Å². The molecule has 0 spiro atoms. The SMILES string of the molecule is Cc1ccc(CNC(=O)c2ccccc2SCc2noc(C)n2)cc1. The van der Waals surface area contributed by atoms with Gasteiger partial charge in [-0.3, -0.25) is 4.79 Å². The summed E-state index contributed by atoms with van der Waals surface area (Å²) in [6.45, 7) is 4.30. The predicted molar refractivity (Wildman–Crippen MR) is 97.4 cm³/mol. The normalized spacial score (nSPS) is 10.6. The number of amides is 1. The molecule has 0 atom stereocenters. The minimum Gasteiger partial charge on any atom is -0.348 e. The van der Waals surface area contributed by atoms with Crippen LogP contribution in [0.1, 0.15) is 33.2 Å². The van der Waals surface area contributed by atoms with Crippen molar-refractivity contribution in [3.05, 3.63) is 76.9 Å². The van der Waals surface area contributed by atoms with Gasteiger partial charge in [0.15, 0.2) is 5.82 Å². The topological polar surface area (TPSA) is 68.0 Å². The zero-order valence-electron chi connectivity index (χ0n) is 14.2. The van der Waals surface area contributed by atoms with E-state index in [4.69, 9.17) is 4.52 Å². The van der Waals surface area contributed by atoms with E-state index in [2.05, 4.69) is 15.5 Å². The third-order valence-corrected chi connectivity index (χ3v) is 4.70. The number of nitrogens with zero attached hydrogens (tertiary/aromatic N) is 2. The monoisotopic (exact) mass is 353 g/mol. The molecule has 1 heterocycles. The van der Waals surface area contributed by atoms with Gasteiger partial charge >= 0.3 is 0 Å². The number of hydrogen-bond acceptors (Lipinski definition) is 5. The van der Waals surface area contributed by atoms with E-state index < -0.39 is 0 Å². The Balaban J connectivity index is 1.64. The Kier molecular flexibility index (Phi) is 5.50. The zero-order chi connectivity index (χ0) is 17.6. The molecule has 1 N–H and O–H groups in total. The minimum absolute atomic E-state index is 0.0898. The van der Waals surface area contributed by atoms with E-state index in [0.717, 1.165) is 10.5 Å². The first-order valence-electron chi connectivity index (χ1n) is 7.96. The predicted octanol–water partition coefficient (Wildman–Crippen LogP) is 3.91. The van der Waals surface area contributed by atoms with Crippen molar-refractivity contribution in [3.63, 3.8) is 0 Å². The van der Waals surface area contributed by atoms with Crippen molar-refractivity contribution in [2.75, 3.05) is 0 Å². The smallest absolute Gasteiger partial charge is 0.252 e. The lowest BCUT2D eigenvalue weighted by molar-refractivity contribution is 0.0948. The number of aryl methyl sites for hydroxylation is 2. The van der Waals surface area contributed by atoms with Gasteiger partial charge in [0.05, 0.1) is 11.3 Å². The second kappa shape index (κ2) is 7.98. The van der Waals surface area contributed by atoms with Gasteiger partial charge in [-0.15, -0.1) is 11.8 Å². The van der Waals surface area contributed by atoms with Gasteiger partial charge in [0.1, 0.15) is 0 Å². The van der Waals surface area contributed by atoms with Gasteiger partial charge in [0, 0.05) is 18.4 Å². The summed E-state index contributed by atoms with van der Waals surface area (Å²) in [4.78, 5) is 17.6. The van der Waals surface area contributed by atoms with Crippen LogP contribution in [0.3, 0.4) is 0 Å². The number of nitrogens with one attached hydrogen (secondary N) is 1. The Bertz CT molecular complexity index is 859. The lowest BCUT2D eigenvalue weighted by Crippen LogP contribution is -2.23. The summed E-state index contributed by atoms with van der Waals surface area (Å²) in [5, 5.41) is 6.86. The largest absolute Gasteiger partial charge is 0.348 e. The van der Waals surface area contributed by atoms with E-state index in [1.54, 1.807) is 6.92 Å². The van der Waals surface area contributed by atoms with Crippen LogP contribution >= 0.6 is 11.8 Å². The van der Waals surface area contributed by atoms with Gasteiger partial charge in [-0.05, 0) is 24.6 Å². The van der Waals surface area contributed by atoms with Gasteiger partial charge in [0.2, 0.25) is 5.89 Å². The Labute approximate surface area is 150 Å². The van der Waals surface area contributed by atoms with E-state index >= 15 is 0 Å². The summed E-state index contributed by atoms with van der Waals surface area (Å²) in [5.41, 5.74) is 2.93. The molecule has 0 unspecified atom stereocenters. The Morgan fingerprint density at radius 1 is 1.12 bits per heavy atom. The lowest BCUT2D eigenvalue weighted by Gasteiger charge is -2.09. The first-order chi connectivity index (χ1) is 12.1. The molecule has 1 amide bonds. The van der Waals surface area contributed by atoms with E-state index in [1.807, 2.05) is 55.5 Å². The third kappa shape index (κ3) is 4.70. The molecule has 3 rings (SSSR count). The first-order valence-corrected chi connectivity index (χ1v) is 8.95. The van der Waals surface area contributed by atoms with Crippen LogP contribution in [-0.2, 0) is 12.3 Å². The number of rotatable bonds is 6. The van der Waals surface area contributed by atoms with Crippen LogP contribution < -0.4 is 5.32 Å². The van der Waals surface area contributed by atoms with Gasteiger partial charge in [-0.25, -0.2) is 0 Å². The number of carbonyl (C=O) groups is 1. The Morgan fingerprint density at radius 3 is 2.60 bits per heavy atom. The summed E-state index contributed by atoms with van der Waals surface area (Å²) in [7, 11) is 0. The molecule has 0 aliphatic heterocycles. The lowest BCUT2D eigenvalue weighted by atomic mass is 10.1. The summed E-state index contributed by atoms with van der Waals surface area (Å²) < 4.78 is 4.97. The summed E-state index contributed by atoms with van der Waals surface area (Å²) in [6, 6.07) is 15.7. The number of thioether (sulfide) groups is 1. The van der Waals surface area contributed by atoms with Gasteiger partial charge in [-0.2, -0.15) is 4.98 Å². The molecule has 1 aromatic heterocycles. The molecular weight excluding hydrogens is 334 g/mol. The molecule has 0 aliphatic rings. The molecule has 0 aliphatic carbocycles. The maximum Gasteiger partial charge on any atom is 0.252 e. The second-order valence-electron chi connectivity index (χ2n) is 5.68. The van der Waals surface area contributed by atoms with Crippen molar-refractivity contribution in [3.8, 4) is 0 Å². The molecule has 0 saturated heterocycles. The highest BCUT2D eigenvalue weighted by Gasteiger charge is 2.12. The van der Waals surface area contributed by atoms with Gasteiger partial charge in [0.25, 0.3) is 5.91 Å². The zero-order valence-corrected chi connectivity index (χ0v) is 15.0. The maximum atomic E-state index is 12.5. The van der Waals surface area contributed by atoms with E-state index in [9.17, 15) is 4.79 Å². The van der Waals surface area contributed by atoms with Crippen molar-refractivity contribution < 1.29 is 9.32 Å². The maximum absolute atomic E-state index is 12.5.